The lowest BCUT2D eigenvalue weighted by atomic mass is 9.81. The lowest BCUT2D eigenvalue weighted by Crippen LogP contribution is -2.60. The first kappa shape index (κ1) is 22.4. The molecule has 32 heavy (non-hydrogen) atoms. The first-order valence-corrected chi connectivity index (χ1v) is 11.3. The van der Waals surface area contributed by atoms with Gasteiger partial charge in [-0.25, -0.2) is 4.98 Å². The van der Waals surface area contributed by atoms with Crippen molar-refractivity contribution in [3.8, 4) is 23.0 Å². The molecule has 2 aromatic heterocycles. The van der Waals surface area contributed by atoms with Crippen LogP contribution in [-0.2, 0) is 0 Å². The van der Waals surface area contributed by atoms with Crippen molar-refractivity contribution in [2.45, 2.75) is 77.5 Å². The fourth-order valence-corrected chi connectivity index (χ4v) is 4.96. The van der Waals surface area contributed by atoms with Crippen LogP contribution in [0.5, 0.6) is 11.6 Å². The average molecular weight is 436 g/mol. The number of pyridine rings is 1. The van der Waals surface area contributed by atoms with Gasteiger partial charge in [0.25, 0.3) is 0 Å². The third-order valence-electron chi connectivity index (χ3n) is 6.04. The number of aromatic nitrogens is 3. The van der Waals surface area contributed by atoms with E-state index < -0.39 is 0 Å². The van der Waals surface area contributed by atoms with Gasteiger partial charge < -0.3 is 15.2 Å². The summed E-state index contributed by atoms with van der Waals surface area (Å²) < 4.78 is 6.15. The molecule has 0 bridgehead atoms. The van der Waals surface area contributed by atoms with Crippen LogP contribution in [0.15, 0.2) is 41.7 Å². The van der Waals surface area contributed by atoms with Crippen LogP contribution in [-0.4, -0.2) is 43.2 Å². The number of ether oxygens (including phenoxy) is 1. The van der Waals surface area contributed by atoms with Gasteiger partial charge in [0.2, 0.25) is 5.88 Å². The number of aliphatic imine (C=N–C) groups is 1. The Morgan fingerprint density at radius 3 is 2.50 bits per heavy atom. The van der Waals surface area contributed by atoms with Crippen LogP contribution < -0.4 is 10.1 Å². The van der Waals surface area contributed by atoms with Crippen LogP contribution in [0.2, 0.25) is 0 Å². The van der Waals surface area contributed by atoms with E-state index >= 15 is 0 Å². The molecule has 7 nitrogen and oxygen atoms in total. The van der Waals surface area contributed by atoms with Crippen LogP contribution in [0.3, 0.4) is 0 Å². The predicted molar refractivity (Wildman–Crippen MR) is 126 cm³/mol. The number of hydrogen-bond acceptors (Lipinski definition) is 7. The molecule has 0 spiro atoms. The minimum atomic E-state index is -0.00776. The molecule has 1 fully saturated rings. The van der Waals surface area contributed by atoms with Gasteiger partial charge in [-0.05, 0) is 58.6 Å². The van der Waals surface area contributed by atoms with Gasteiger partial charge in [-0.15, -0.1) is 10.2 Å². The molecule has 1 unspecified atom stereocenters. The van der Waals surface area contributed by atoms with E-state index in [-0.39, 0.29) is 22.9 Å². The molecule has 170 valence electrons. The van der Waals surface area contributed by atoms with Gasteiger partial charge in [0.15, 0.2) is 0 Å². The zero-order chi connectivity index (χ0) is 22.9. The van der Waals surface area contributed by atoms with E-state index in [0.29, 0.717) is 23.2 Å². The molecule has 2 N–H and O–H groups in total. The molecule has 1 atom stereocenters. The second-order valence-electron chi connectivity index (χ2n) is 10.3. The van der Waals surface area contributed by atoms with Crippen molar-refractivity contribution in [2.24, 2.45) is 10.9 Å². The number of nitrogens with zero attached hydrogens (tertiary/aromatic N) is 4. The zero-order valence-corrected chi connectivity index (χ0v) is 19.6. The maximum Gasteiger partial charge on any atom is 0.233 e. The highest BCUT2D eigenvalue weighted by molar-refractivity contribution is 6.02. The third-order valence-corrected chi connectivity index (χ3v) is 6.04. The highest BCUT2D eigenvalue weighted by Crippen LogP contribution is 2.32. The van der Waals surface area contributed by atoms with Crippen LogP contribution >= 0.6 is 0 Å². The maximum atomic E-state index is 10.6. The van der Waals surface area contributed by atoms with Crippen LogP contribution in [0.4, 0.5) is 0 Å². The molecule has 2 aromatic rings. The Kier molecular flexibility index (Phi) is 6.03. The molecular formula is C25H33N5O2. The van der Waals surface area contributed by atoms with Crippen molar-refractivity contribution < 1.29 is 9.84 Å². The van der Waals surface area contributed by atoms with Crippen molar-refractivity contribution in [3.05, 3.63) is 42.2 Å². The molecule has 4 heterocycles. The minimum Gasteiger partial charge on any atom is -0.506 e. The van der Waals surface area contributed by atoms with Crippen LogP contribution in [0.1, 0.15) is 65.9 Å². The predicted octanol–water partition coefficient (Wildman–Crippen LogP) is 4.66. The van der Waals surface area contributed by atoms with Gasteiger partial charge in [0.05, 0.1) is 5.71 Å². The van der Waals surface area contributed by atoms with E-state index in [2.05, 4.69) is 66.2 Å². The lowest BCUT2D eigenvalue weighted by Gasteiger charge is -2.46. The number of rotatable bonds is 4. The summed E-state index contributed by atoms with van der Waals surface area (Å²) in [5.74, 6) is 0.852. The van der Waals surface area contributed by atoms with Gasteiger partial charge in [0.1, 0.15) is 23.2 Å². The van der Waals surface area contributed by atoms with Gasteiger partial charge in [-0.1, -0.05) is 13.0 Å². The fourth-order valence-electron chi connectivity index (χ4n) is 4.96. The van der Waals surface area contributed by atoms with E-state index in [0.717, 1.165) is 37.0 Å². The number of piperidine rings is 1. The third kappa shape index (κ3) is 5.15. The van der Waals surface area contributed by atoms with Gasteiger partial charge in [-0.3, -0.25) is 4.99 Å². The monoisotopic (exact) mass is 435 g/mol. The van der Waals surface area contributed by atoms with Gasteiger partial charge in [-0.2, -0.15) is 0 Å². The molecule has 2 aliphatic heterocycles. The first-order chi connectivity index (χ1) is 15.1. The molecule has 0 aromatic carbocycles. The van der Waals surface area contributed by atoms with E-state index in [1.807, 2.05) is 6.20 Å². The van der Waals surface area contributed by atoms with Gasteiger partial charge >= 0.3 is 0 Å². The summed E-state index contributed by atoms with van der Waals surface area (Å²) in [4.78, 5) is 9.01. The van der Waals surface area contributed by atoms with Crippen molar-refractivity contribution >= 4 is 5.71 Å². The van der Waals surface area contributed by atoms with E-state index in [1.54, 1.807) is 24.4 Å². The smallest absolute Gasteiger partial charge is 0.233 e. The Labute approximate surface area is 190 Å². The number of aromatic hydroxyl groups is 1. The van der Waals surface area contributed by atoms with E-state index in [9.17, 15) is 5.11 Å². The molecular weight excluding hydrogens is 402 g/mol. The van der Waals surface area contributed by atoms with Crippen LogP contribution in [0.25, 0.3) is 11.4 Å². The largest absolute Gasteiger partial charge is 0.506 e. The summed E-state index contributed by atoms with van der Waals surface area (Å²) in [5.41, 5.74) is 2.65. The summed E-state index contributed by atoms with van der Waals surface area (Å²) in [7, 11) is 0. The Morgan fingerprint density at radius 2 is 1.84 bits per heavy atom. The maximum absolute atomic E-state index is 10.6. The summed E-state index contributed by atoms with van der Waals surface area (Å²) >= 11 is 0. The van der Waals surface area contributed by atoms with Crippen molar-refractivity contribution in [1.82, 2.24) is 20.5 Å². The van der Waals surface area contributed by atoms with Crippen molar-refractivity contribution in [2.75, 3.05) is 0 Å². The Morgan fingerprint density at radius 1 is 1.09 bits per heavy atom. The average Bonchev–Trinajstić information content (AvgIpc) is 2.90. The summed E-state index contributed by atoms with van der Waals surface area (Å²) in [5, 5.41) is 22.8. The molecule has 0 saturated carbocycles. The summed E-state index contributed by atoms with van der Waals surface area (Å²) in [6.45, 7) is 10.9. The van der Waals surface area contributed by atoms with Crippen molar-refractivity contribution in [1.29, 1.82) is 0 Å². The minimum absolute atomic E-state index is 0.00776. The highest BCUT2D eigenvalue weighted by atomic mass is 16.5. The molecule has 0 amide bonds. The van der Waals surface area contributed by atoms with Crippen LogP contribution in [0, 0.1) is 5.92 Å². The summed E-state index contributed by atoms with van der Waals surface area (Å²) in [6.07, 6.45) is 9.51. The second kappa shape index (κ2) is 8.62. The topological polar surface area (TPSA) is 92.5 Å². The fraction of sp³-hybridized carbons (Fsp3) is 0.520. The molecule has 4 rings (SSSR count). The number of nitrogens with one attached hydrogen (secondary N) is 1. The van der Waals surface area contributed by atoms with E-state index in [4.69, 9.17) is 4.74 Å². The first-order valence-electron chi connectivity index (χ1n) is 11.3. The normalized spacial score (nSPS) is 22.8. The number of allylic oxidation sites excluding steroid dienone is 1. The second-order valence-corrected chi connectivity index (χ2v) is 10.3. The quantitative estimate of drug-likeness (QED) is 0.725. The lowest BCUT2D eigenvalue weighted by molar-refractivity contribution is 0.0524. The molecule has 7 heteroatoms. The number of hydrogen-bond donors (Lipinski definition) is 2. The van der Waals surface area contributed by atoms with Crippen molar-refractivity contribution in [3.63, 3.8) is 0 Å². The zero-order valence-electron chi connectivity index (χ0n) is 19.6. The molecule has 0 radical (unpaired) electrons. The van der Waals surface area contributed by atoms with E-state index in [1.165, 1.54) is 0 Å². The molecule has 1 saturated heterocycles. The Bertz CT molecular complexity index is 1010. The molecule has 2 aliphatic rings. The molecule has 0 aliphatic carbocycles. The summed E-state index contributed by atoms with van der Waals surface area (Å²) in [6, 6.07) is 5.29. The SMILES string of the molecule is CC1CCC=CN=C1c1cnc(-c2ccc(OC3CC(C)(C)NC(C)(C)C3)nn2)c(O)c1. The Balaban J connectivity index is 1.49. The van der Waals surface area contributed by atoms with Gasteiger partial charge in [0, 0.05) is 47.9 Å². The standard InChI is InChI=1S/C25H33N5O2/c1-16-8-6-7-11-26-22(16)17-12-20(31)23(27-15-17)19-9-10-21(29-28-19)32-18-13-24(2,3)30-25(4,5)14-18/h7,9-12,15-16,18,30-31H,6,8,13-14H2,1-5H3. The Hall–Kier alpha value is -2.80. The highest BCUT2D eigenvalue weighted by Gasteiger charge is 2.38.